The SMILES string of the molecule is Fc1ccc2nc(CCCCl)n(C3CC3)c2c1. The maximum Gasteiger partial charge on any atom is 0.125 e. The highest BCUT2D eigenvalue weighted by Gasteiger charge is 2.27. The van der Waals surface area contributed by atoms with Gasteiger partial charge in [-0.25, -0.2) is 9.37 Å². The number of rotatable bonds is 4. The number of fused-ring (bicyclic) bond motifs is 1. The summed E-state index contributed by atoms with van der Waals surface area (Å²) >= 11 is 5.73. The molecule has 0 atom stereocenters. The summed E-state index contributed by atoms with van der Waals surface area (Å²) in [5.74, 6) is 1.50. The summed E-state index contributed by atoms with van der Waals surface area (Å²) in [6, 6.07) is 5.34. The van der Waals surface area contributed by atoms with E-state index < -0.39 is 0 Å². The molecule has 2 aromatic rings. The average molecular weight is 253 g/mol. The largest absolute Gasteiger partial charge is 0.325 e. The van der Waals surface area contributed by atoms with E-state index in [9.17, 15) is 4.39 Å². The first-order valence-electron chi connectivity index (χ1n) is 6.02. The second-order valence-electron chi connectivity index (χ2n) is 4.55. The minimum Gasteiger partial charge on any atom is -0.325 e. The van der Waals surface area contributed by atoms with Crippen molar-refractivity contribution < 1.29 is 4.39 Å². The van der Waals surface area contributed by atoms with Crippen LogP contribution in [0.4, 0.5) is 4.39 Å². The highest BCUT2D eigenvalue weighted by molar-refractivity contribution is 6.17. The van der Waals surface area contributed by atoms with Crippen LogP contribution in [0.5, 0.6) is 0 Å². The summed E-state index contributed by atoms with van der Waals surface area (Å²) in [4.78, 5) is 4.59. The number of hydrogen-bond acceptors (Lipinski definition) is 1. The molecule has 0 bridgehead atoms. The summed E-state index contributed by atoms with van der Waals surface area (Å²) in [6.45, 7) is 0. The Hall–Kier alpha value is -1.09. The van der Waals surface area contributed by atoms with Crippen LogP contribution in [0.25, 0.3) is 11.0 Å². The first-order chi connectivity index (χ1) is 8.29. The lowest BCUT2D eigenvalue weighted by molar-refractivity contribution is 0.627. The molecule has 0 unspecified atom stereocenters. The van der Waals surface area contributed by atoms with Crippen molar-refractivity contribution in [3.63, 3.8) is 0 Å². The molecule has 1 aromatic heterocycles. The van der Waals surface area contributed by atoms with E-state index in [1.165, 1.54) is 18.9 Å². The van der Waals surface area contributed by atoms with Crippen molar-refractivity contribution in [1.29, 1.82) is 0 Å². The van der Waals surface area contributed by atoms with Crippen molar-refractivity contribution >= 4 is 22.6 Å². The van der Waals surface area contributed by atoms with Gasteiger partial charge < -0.3 is 4.57 Å². The van der Waals surface area contributed by atoms with E-state index in [1.807, 2.05) is 0 Å². The van der Waals surface area contributed by atoms with Crippen LogP contribution in [0.1, 0.15) is 31.1 Å². The molecule has 4 heteroatoms. The molecule has 17 heavy (non-hydrogen) atoms. The molecule has 1 aliphatic carbocycles. The predicted octanol–water partition coefficient (Wildman–Crippen LogP) is 3.68. The monoisotopic (exact) mass is 252 g/mol. The van der Waals surface area contributed by atoms with E-state index >= 15 is 0 Å². The Morgan fingerprint density at radius 1 is 1.41 bits per heavy atom. The zero-order valence-corrected chi connectivity index (χ0v) is 10.3. The van der Waals surface area contributed by atoms with Crippen molar-refractivity contribution in [1.82, 2.24) is 9.55 Å². The van der Waals surface area contributed by atoms with Crippen LogP contribution < -0.4 is 0 Å². The Bertz CT molecular complexity index is 546. The Morgan fingerprint density at radius 3 is 2.94 bits per heavy atom. The number of hydrogen-bond donors (Lipinski definition) is 0. The van der Waals surface area contributed by atoms with Gasteiger partial charge >= 0.3 is 0 Å². The van der Waals surface area contributed by atoms with Crippen molar-refractivity contribution in [2.75, 3.05) is 5.88 Å². The van der Waals surface area contributed by atoms with E-state index in [0.717, 1.165) is 29.7 Å². The van der Waals surface area contributed by atoms with Gasteiger partial charge in [-0.3, -0.25) is 0 Å². The molecule has 0 saturated heterocycles. The zero-order valence-electron chi connectivity index (χ0n) is 9.50. The number of aromatic nitrogens is 2. The molecule has 0 amide bonds. The lowest BCUT2D eigenvalue weighted by Crippen LogP contribution is -2.02. The van der Waals surface area contributed by atoms with Gasteiger partial charge in [-0.2, -0.15) is 0 Å². The van der Waals surface area contributed by atoms with Crippen LogP contribution in [0.2, 0.25) is 0 Å². The van der Waals surface area contributed by atoms with Crippen molar-refractivity contribution in [3.05, 3.63) is 29.8 Å². The van der Waals surface area contributed by atoms with Gasteiger partial charge in [0.25, 0.3) is 0 Å². The van der Waals surface area contributed by atoms with Crippen molar-refractivity contribution in [2.24, 2.45) is 0 Å². The molecular weight excluding hydrogens is 239 g/mol. The van der Waals surface area contributed by atoms with Gasteiger partial charge in [0.05, 0.1) is 11.0 Å². The molecule has 0 N–H and O–H groups in total. The fraction of sp³-hybridized carbons (Fsp3) is 0.462. The summed E-state index contributed by atoms with van der Waals surface area (Å²) in [5.41, 5.74) is 1.82. The van der Waals surface area contributed by atoms with Crippen LogP contribution in [0.3, 0.4) is 0 Å². The quantitative estimate of drug-likeness (QED) is 0.759. The number of halogens is 2. The molecular formula is C13H14ClFN2. The van der Waals surface area contributed by atoms with Crippen LogP contribution in [0, 0.1) is 5.82 Å². The summed E-state index contributed by atoms with van der Waals surface area (Å²) < 4.78 is 15.5. The van der Waals surface area contributed by atoms with E-state index in [-0.39, 0.29) is 5.82 Å². The maximum atomic E-state index is 13.3. The van der Waals surface area contributed by atoms with E-state index in [0.29, 0.717) is 11.9 Å². The van der Waals surface area contributed by atoms with E-state index in [2.05, 4.69) is 9.55 Å². The topological polar surface area (TPSA) is 17.8 Å². The van der Waals surface area contributed by atoms with E-state index in [4.69, 9.17) is 11.6 Å². The Balaban J connectivity index is 2.10. The lowest BCUT2D eigenvalue weighted by atomic mass is 10.3. The van der Waals surface area contributed by atoms with Gasteiger partial charge in [0, 0.05) is 18.3 Å². The molecule has 2 nitrogen and oxygen atoms in total. The molecule has 90 valence electrons. The minimum absolute atomic E-state index is 0.191. The minimum atomic E-state index is -0.191. The smallest absolute Gasteiger partial charge is 0.125 e. The van der Waals surface area contributed by atoms with Gasteiger partial charge in [-0.1, -0.05) is 0 Å². The molecule has 0 radical (unpaired) electrons. The predicted molar refractivity (Wildman–Crippen MR) is 67.0 cm³/mol. The van der Waals surface area contributed by atoms with Gasteiger partial charge in [-0.15, -0.1) is 11.6 Å². The number of imidazole rings is 1. The number of alkyl halides is 1. The maximum absolute atomic E-state index is 13.3. The fourth-order valence-electron chi connectivity index (χ4n) is 2.26. The molecule has 1 heterocycles. The fourth-order valence-corrected chi connectivity index (χ4v) is 2.39. The van der Waals surface area contributed by atoms with Crippen molar-refractivity contribution in [2.45, 2.75) is 31.7 Å². The van der Waals surface area contributed by atoms with Crippen LogP contribution in [-0.4, -0.2) is 15.4 Å². The van der Waals surface area contributed by atoms with Gasteiger partial charge in [0.15, 0.2) is 0 Å². The Labute approximate surface area is 104 Å². The lowest BCUT2D eigenvalue weighted by Gasteiger charge is -2.06. The highest BCUT2D eigenvalue weighted by Crippen LogP contribution is 2.39. The second-order valence-corrected chi connectivity index (χ2v) is 4.93. The third-order valence-electron chi connectivity index (χ3n) is 3.17. The van der Waals surface area contributed by atoms with Gasteiger partial charge in [-0.05, 0) is 37.5 Å². The first-order valence-corrected chi connectivity index (χ1v) is 6.55. The Kier molecular flexibility index (Phi) is 2.79. The molecule has 1 aliphatic rings. The van der Waals surface area contributed by atoms with Gasteiger partial charge in [0.2, 0.25) is 0 Å². The van der Waals surface area contributed by atoms with Gasteiger partial charge in [0.1, 0.15) is 11.6 Å². The number of benzene rings is 1. The number of aryl methyl sites for hydroxylation is 1. The molecule has 3 rings (SSSR count). The first kappa shape index (κ1) is 11.0. The van der Waals surface area contributed by atoms with Crippen LogP contribution >= 0.6 is 11.6 Å². The highest BCUT2D eigenvalue weighted by atomic mass is 35.5. The summed E-state index contributed by atoms with van der Waals surface area (Å²) in [7, 11) is 0. The molecule has 1 aromatic carbocycles. The van der Waals surface area contributed by atoms with Crippen LogP contribution in [-0.2, 0) is 6.42 Å². The molecule has 0 spiro atoms. The third-order valence-corrected chi connectivity index (χ3v) is 3.44. The summed E-state index contributed by atoms with van der Waals surface area (Å²) in [6.07, 6.45) is 4.14. The Morgan fingerprint density at radius 2 is 2.24 bits per heavy atom. The molecule has 1 fully saturated rings. The average Bonchev–Trinajstić information content (AvgIpc) is 3.08. The molecule has 1 saturated carbocycles. The normalized spacial score (nSPS) is 15.6. The number of nitrogens with zero attached hydrogens (tertiary/aromatic N) is 2. The molecule has 0 aliphatic heterocycles. The van der Waals surface area contributed by atoms with Crippen LogP contribution in [0.15, 0.2) is 18.2 Å². The van der Waals surface area contributed by atoms with E-state index in [1.54, 1.807) is 12.1 Å². The second kappa shape index (κ2) is 4.30. The standard InChI is InChI=1S/C13H14ClFN2/c14-7-1-2-13-16-11-6-3-9(15)8-12(11)17(13)10-4-5-10/h3,6,8,10H,1-2,4-5,7H2. The zero-order chi connectivity index (χ0) is 11.8. The summed E-state index contributed by atoms with van der Waals surface area (Å²) in [5, 5.41) is 0. The third kappa shape index (κ3) is 2.04. The van der Waals surface area contributed by atoms with Crippen molar-refractivity contribution in [3.8, 4) is 0 Å².